The highest BCUT2D eigenvalue weighted by atomic mass is 32.1. The molecule has 4 rings (SSSR count). The number of carbonyl (C=O) groups is 3. The van der Waals surface area contributed by atoms with Crippen LogP contribution in [0.5, 0.6) is 0 Å². The van der Waals surface area contributed by atoms with Gasteiger partial charge < -0.3 is 4.74 Å². The third-order valence-electron chi connectivity index (χ3n) is 5.13. The van der Waals surface area contributed by atoms with Crippen LogP contribution in [0.1, 0.15) is 51.0 Å². The number of aryl methyl sites for hydroxylation is 1. The molecule has 164 valence electrons. The van der Waals surface area contributed by atoms with E-state index in [0.717, 1.165) is 21.0 Å². The molecule has 1 aromatic carbocycles. The maximum Gasteiger partial charge on any atom is 0.306 e. The number of ketones is 1. The minimum atomic E-state index is -0.576. The Kier molecular flexibility index (Phi) is 6.92. The van der Waals surface area contributed by atoms with Crippen molar-refractivity contribution in [3.63, 3.8) is 0 Å². The summed E-state index contributed by atoms with van der Waals surface area (Å²) in [5.41, 5.74) is 2.47. The monoisotopic (exact) mass is 466 g/mol. The van der Waals surface area contributed by atoms with Crippen LogP contribution in [0.4, 0.5) is 0 Å². The van der Waals surface area contributed by atoms with Crippen molar-refractivity contribution in [1.29, 1.82) is 0 Å². The first kappa shape index (κ1) is 22.1. The van der Waals surface area contributed by atoms with E-state index < -0.39 is 12.6 Å². The van der Waals surface area contributed by atoms with E-state index >= 15 is 0 Å². The second-order valence-electron chi connectivity index (χ2n) is 7.45. The molecule has 8 heteroatoms. The highest BCUT2D eigenvalue weighted by Gasteiger charge is 2.34. The van der Waals surface area contributed by atoms with Crippen molar-refractivity contribution in [1.82, 2.24) is 5.01 Å². The Morgan fingerprint density at radius 1 is 1.03 bits per heavy atom. The maximum atomic E-state index is 12.8. The lowest BCUT2D eigenvalue weighted by atomic mass is 10.1. The Morgan fingerprint density at radius 2 is 1.78 bits per heavy atom. The predicted molar refractivity (Wildman–Crippen MR) is 125 cm³/mol. The molecule has 0 radical (unpaired) electrons. The molecule has 3 aromatic rings. The molecule has 0 saturated heterocycles. The molecule has 2 aromatic heterocycles. The first-order valence-electron chi connectivity index (χ1n) is 10.2. The van der Waals surface area contributed by atoms with E-state index in [1.54, 1.807) is 34.8 Å². The van der Waals surface area contributed by atoms with Crippen LogP contribution in [-0.2, 0) is 14.3 Å². The number of hydrogen-bond acceptors (Lipinski definition) is 7. The fourth-order valence-electron chi connectivity index (χ4n) is 3.41. The molecule has 0 bridgehead atoms. The zero-order chi connectivity index (χ0) is 22.5. The number of thiophene rings is 2. The number of ether oxygens (including phenoxy) is 1. The van der Waals surface area contributed by atoms with E-state index in [9.17, 15) is 14.4 Å². The van der Waals surface area contributed by atoms with Crippen molar-refractivity contribution in [2.45, 2.75) is 32.2 Å². The Morgan fingerprint density at radius 3 is 2.47 bits per heavy atom. The van der Waals surface area contributed by atoms with Gasteiger partial charge in [0.1, 0.15) is 0 Å². The number of carbonyl (C=O) groups excluding carboxylic acids is 3. The van der Waals surface area contributed by atoms with E-state index in [2.05, 4.69) is 5.10 Å². The summed E-state index contributed by atoms with van der Waals surface area (Å²) in [6, 6.07) is 14.8. The predicted octanol–water partition coefficient (Wildman–Crippen LogP) is 5.00. The molecule has 0 spiro atoms. The molecule has 0 saturated carbocycles. The molecule has 0 aliphatic carbocycles. The van der Waals surface area contributed by atoms with E-state index in [-0.39, 0.29) is 30.6 Å². The van der Waals surface area contributed by atoms with Crippen molar-refractivity contribution in [3.05, 3.63) is 80.2 Å². The summed E-state index contributed by atoms with van der Waals surface area (Å²) in [5, 5.41) is 9.90. The van der Waals surface area contributed by atoms with Crippen molar-refractivity contribution in [2.24, 2.45) is 5.10 Å². The van der Waals surface area contributed by atoms with Gasteiger partial charge in [0, 0.05) is 23.3 Å². The zero-order valence-electron chi connectivity index (χ0n) is 17.5. The number of hydrazone groups is 1. The van der Waals surface area contributed by atoms with Crippen LogP contribution in [0.15, 0.2) is 64.4 Å². The Balaban J connectivity index is 1.33. The quantitative estimate of drug-likeness (QED) is 0.346. The summed E-state index contributed by atoms with van der Waals surface area (Å²) in [5.74, 6) is -1.09. The summed E-state index contributed by atoms with van der Waals surface area (Å²) in [7, 11) is 0. The van der Waals surface area contributed by atoms with Gasteiger partial charge in [-0.2, -0.15) is 5.10 Å². The Labute approximate surface area is 194 Å². The molecule has 1 aliphatic rings. The Bertz CT molecular complexity index is 1120. The minimum absolute atomic E-state index is 0.0400. The number of hydrogen-bond donors (Lipinski definition) is 0. The summed E-state index contributed by atoms with van der Waals surface area (Å²) >= 11 is 3.14. The highest BCUT2D eigenvalue weighted by Crippen LogP contribution is 2.35. The van der Waals surface area contributed by atoms with Crippen molar-refractivity contribution in [2.75, 3.05) is 6.61 Å². The summed E-state index contributed by atoms with van der Waals surface area (Å²) in [4.78, 5) is 39.3. The van der Waals surface area contributed by atoms with Gasteiger partial charge in [0.15, 0.2) is 12.4 Å². The van der Waals surface area contributed by atoms with Gasteiger partial charge in [-0.15, -0.1) is 22.7 Å². The van der Waals surface area contributed by atoms with Crippen molar-refractivity contribution >= 4 is 46.0 Å². The van der Waals surface area contributed by atoms with Gasteiger partial charge in [-0.05, 0) is 29.8 Å². The van der Waals surface area contributed by atoms with Crippen LogP contribution in [0, 0.1) is 6.92 Å². The van der Waals surface area contributed by atoms with E-state index in [1.165, 1.54) is 5.01 Å². The summed E-state index contributed by atoms with van der Waals surface area (Å²) < 4.78 is 5.17. The first-order valence-corrected chi connectivity index (χ1v) is 12.0. The summed E-state index contributed by atoms with van der Waals surface area (Å²) in [6.45, 7) is 1.54. The van der Waals surface area contributed by atoms with Gasteiger partial charge in [-0.3, -0.25) is 14.4 Å². The van der Waals surface area contributed by atoms with Gasteiger partial charge in [-0.1, -0.05) is 42.0 Å². The number of esters is 1. The SMILES string of the molecule is Cc1ccc(C(=O)CCC(=O)OCC(=O)N2N=C(c3cccs3)CC2c2cccs2)cc1. The van der Waals surface area contributed by atoms with Gasteiger partial charge in [0.25, 0.3) is 5.91 Å². The standard InChI is InChI=1S/C24H22N2O4S2/c1-16-6-8-17(9-7-16)20(27)10-11-24(29)30-15-23(28)26-19(22-5-3-13-32-22)14-18(25-26)21-4-2-12-31-21/h2-9,12-13,19H,10-11,14-15H2,1H3. The number of rotatable bonds is 8. The van der Waals surface area contributed by atoms with Crippen molar-refractivity contribution < 1.29 is 19.1 Å². The topological polar surface area (TPSA) is 76.0 Å². The molecule has 3 heterocycles. The fourth-order valence-corrected chi connectivity index (χ4v) is 4.95. The number of amides is 1. The van der Waals surface area contributed by atoms with Gasteiger partial charge in [-0.25, -0.2) is 5.01 Å². The largest absolute Gasteiger partial charge is 0.455 e. The van der Waals surface area contributed by atoms with Crippen LogP contribution >= 0.6 is 22.7 Å². The molecule has 32 heavy (non-hydrogen) atoms. The van der Waals surface area contributed by atoms with E-state index in [0.29, 0.717) is 12.0 Å². The molecule has 0 N–H and O–H groups in total. The highest BCUT2D eigenvalue weighted by molar-refractivity contribution is 7.12. The molecule has 1 atom stereocenters. The van der Waals surface area contributed by atoms with Crippen LogP contribution in [-0.4, -0.2) is 35.0 Å². The lowest BCUT2D eigenvalue weighted by molar-refractivity contribution is -0.152. The second kappa shape index (κ2) is 10.0. The molecule has 6 nitrogen and oxygen atoms in total. The van der Waals surface area contributed by atoms with Crippen LogP contribution in [0.25, 0.3) is 0 Å². The molecular formula is C24H22N2O4S2. The normalized spacial score (nSPS) is 15.5. The average Bonchev–Trinajstić information content (AvgIpc) is 3.56. The molecular weight excluding hydrogens is 444 g/mol. The van der Waals surface area contributed by atoms with Crippen LogP contribution in [0.3, 0.4) is 0 Å². The van der Waals surface area contributed by atoms with E-state index in [1.807, 2.05) is 54.1 Å². The van der Waals surface area contributed by atoms with Crippen molar-refractivity contribution in [3.8, 4) is 0 Å². The lowest BCUT2D eigenvalue weighted by Gasteiger charge is -2.20. The van der Waals surface area contributed by atoms with Crippen LogP contribution < -0.4 is 0 Å². The molecule has 1 amide bonds. The molecule has 1 unspecified atom stereocenters. The second-order valence-corrected chi connectivity index (χ2v) is 9.37. The Hall–Kier alpha value is -3.10. The number of Topliss-reactive ketones (excluding diaryl/α,β-unsaturated/α-hetero) is 1. The third-order valence-corrected chi connectivity index (χ3v) is 7.02. The van der Waals surface area contributed by atoms with Gasteiger partial charge in [0.05, 0.1) is 23.1 Å². The third kappa shape index (κ3) is 5.20. The fraction of sp³-hybridized carbons (Fsp3) is 0.250. The first-order chi connectivity index (χ1) is 15.5. The molecule has 0 fully saturated rings. The maximum absolute atomic E-state index is 12.8. The average molecular weight is 467 g/mol. The van der Waals surface area contributed by atoms with E-state index in [4.69, 9.17) is 4.74 Å². The minimum Gasteiger partial charge on any atom is -0.455 e. The number of benzene rings is 1. The van der Waals surface area contributed by atoms with Gasteiger partial charge in [0.2, 0.25) is 0 Å². The van der Waals surface area contributed by atoms with Gasteiger partial charge >= 0.3 is 5.97 Å². The lowest BCUT2D eigenvalue weighted by Crippen LogP contribution is -2.31. The zero-order valence-corrected chi connectivity index (χ0v) is 19.2. The number of nitrogens with zero attached hydrogens (tertiary/aromatic N) is 2. The smallest absolute Gasteiger partial charge is 0.306 e. The molecule has 1 aliphatic heterocycles. The van der Waals surface area contributed by atoms with Crippen LogP contribution in [0.2, 0.25) is 0 Å². The summed E-state index contributed by atoms with van der Waals surface area (Å²) in [6.07, 6.45) is 0.585.